The summed E-state index contributed by atoms with van der Waals surface area (Å²) in [5.41, 5.74) is 0.434. The number of likely N-dealkylation sites (N-methyl/N-ethyl adjacent to an activating group) is 1. The Kier molecular flexibility index (Phi) is 8.11. The molecule has 8 atom stereocenters. The number of ether oxygens (including phenoxy) is 1. The molecule has 8 nitrogen and oxygen atoms in total. The second-order valence-electron chi connectivity index (χ2n) is 7.36. The minimum atomic E-state index is -1.43. The number of rotatable bonds is 6. The Morgan fingerprint density at radius 3 is 2.59 bits per heavy atom. The van der Waals surface area contributed by atoms with Gasteiger partial charge in [0, 0.05) is 6.54 Å². The average molecular weight is 405 g/mol. The van der Waals surface area contributed by atoms with Crippen molar-refractivity contribution >= 4 is 17.7 Å². The van der Waals surface area contributed by atoms with Crippen LogP contribution in [0.2, 0.25) is 0 Å². The van der Waals surface area contributed by atoms with Gasteiger partial charge in [0.1, 0.15) is 29.9 Å². The van der Waals surface area contributed by atoms with E-state index in [1.54, 1.807) is 6.26 Å². The third-order valence-corrected chi connectivity index (χ3v) is 6.11. The third kappa shape index (κ3) is 5.03. The van der Waals surface area contributed by atoms with E-state index in [1.165, 1.54) is 24.3 Å². The van der Waals surface area contributed by atoms with Crippen LogP contribution < -0.4 is 5.32 Å². The number of carbonyl (C=O) groups excluding carboxylic acids is 1. The lowest BCUT2D eigenvalue weighted by molar-refractivity contribution is -0.211. The zero-order valence-corrected chi connectivity index (χ0v) is 17.1. The summed E-state index contributed by atoms with van der Waals surface area (Å²) in [4.78, 5) is 14.8. The van der Waals surface area contributed by atoms with Gasteiger partial charge in [-0.15, -0.1) is 11.8 Å². The van der Waals surface area contributed by atoms with E-state index < -0.39 is 42.0 Å². The van der Waals surface area contributed by atoms with E-state index in [0.717, 1.165) is 6.42 Å². The summed E-state index contributed by atoms with van der Waals surface area (Å²) in [6.45, 7) is 4.26. The Balaban J connectivity index is 2.13. The smallest absolute Gasteiger partial charge is 0.238 e. The summed E-state index contributed by atoms with van der Waals surface area (Å²) < 4.78 is 5.71. The minimum Gasteiger partial charge on any atom is -0.391 e. The molecule has 0 aliphatic carbocycles. The number of likely N-dealkylation sites (tertiary alicyclic amines) is 1. The standard InChI is InChI=1S/C18H32N2O6S/c1-5-6-10-7-11(20(3)8-10)17(25)19-12(9(2)21)16-14(23)13(22)15(24)18(26-16)27-4/h6,9,11-16,18,21-24H,5,7-8H2,1-4H3,(H,19,25)/b10-6-/t9-,11+,12-,13+,14-,15-,16-,18-/m1/s1. The molecule has 0 unspecified atom stereocenters. The summed E-state index contributed by atoms with van der Waals surface area (Å²) in [6, 6.07) is -1.28. The highest BCUT2D eigenvalue weighted by molar-refractivity contribution is 7.99. The maximum absolute atomic E-state index is 12.8. The van der Waals surface area contributed by atoms with E-state index in [-0.39, 0.29) is 11.9 Å². The van der Waals surface area contributed by atoms with Crippen molar-refractivity contribution in [1.82, 2.24) is 10.2 Å². The molecule has 2 aliphatic heterocycles. The molecule has 0 aromatic carbocycles. The predicted octanol–water partition coefficient (Wildman–Crippen LogP) is -0.937. The number of hydrogen-bond acceptors (Lipinski definition) is 8. The summed E-state index contributed by atoms with van der Waals surface area (Å²) in [7, 11) is 1.87. The second kappa shape index (κ2) is 9.69. The highest BCUT2D eigenvalue weighted by Crippen LogP contribution is 2.30. The van der Waals surface area contributed by atoms with E-state index in [9.17, 15) is 25.2 Å². The SMILES string of the molecule is CC/C=C1/C[C@@H](C(=O)N[C@@H]([C@H]2O[C@H](SC)[C@H](O)[C@@H](O)[C@H]2O)[C@@H](C)O)N(C)C1. The van der Waals surface area contributed by atoms with Gasteiger partial charge in [-0.1, -0.05) is 18.6 Å². The van der Waals surface area contributed by atoms with Crippen LogP contribution in [0.5, 0.6) is 0 Å². The van der Waals surface area contributed by atoms with E-state index in [1.807, 2.05) is 18.9 Å². The molecule has 0 spiro atoms. The Morgan fingerprint density at radius 1 is 1.37 bits per heavy atom. The molecule has 5 N–H and O–H groups in total. The number of amides is 1. The van der Waals surface area contributed by atoms with Gasteiger partial charge in [0.05, 0.1) is 18.2 Å². The molecule has 2 aliphatic rings. The summed E-state index contributed by atoms with van der Waals surface area (Å²) in [5.74, 6) is -0.264. The van der Waals surface area contributed by atoms with Crippen molar-refractivity contribution in [2.45, 2.75) is 74.7 Å². The van der Waals surface area contributed by atoms with Crippen LogP contribution in [0.1, 0.15) is 26.7 Å². The number of aliphatic hydroxyl groups is 4. The number of thioether (sulfide) groups is 1. The number of nitrogens with zero attached hydrogens (tertiary/aromatic N) is 1. The Morgan fingerprint density at radius 2 is 2.04 bits per heavy atom. The Bertz CT molecular complexity index is 544. The number of nitrogens with one attached hydrogen (secondary N) is 1. The normalized spacial score (nSPS) is 38.7. The van der Waals surface area contributed by atoms with Crippen molar-refractivity contribution in [3.8, 4) is 0 Å². The fourth-order valence-corrected chi connectivity index (χ4v) is 4.41. The van der Waals surface area contributed by atoms with Crippen molar-refractivity contribution in [2.24, 2.45) is 0 Å². The molecule has 1 amide bonds. The first-order chi connectivity index (χ1) is 12.7. The highest BCUT2D eigenvalue weighted by Gasteiger charge is 2.48. The summed E-state index contributed by atoms with van der Waals surface area (Å²) in [5, 5.41) is 43.5. The fraction of sp³-hybridized carbons (Fsp3) is 0.833. The van der Waals surface area contributed by atoms with E-state index in [4.69, 9.17) is 4.74 Å². The average Bonchev–Trinajstić information content (AvgIpc) is 2.99. The van der Waals surface area contributed by atoms with Crippen LogP contribution in [0.15, 0.2) is 11.6 Å². The van der Waals surface area contributed by atoms with Crippen LogP contribution >= 0.6 is 11.8 Å². The maximum Gasteiger partial charge on any atom is 0.238 e. The van der Waals surface area contributed by atoms with Gasteiger partial charge in [-0.3, -0.25) is 9.69 Å². The van der Waals surface area contributed by atoms with Gasteiger partial charge >= 0.3 is 0 Å². The fourth-order valence-electron chi connectivity index (χ4n) is 3.73. The molecule has 0 saturated carbocycles. The van der Waals surface area contributed by atoms with Gasteiger partial charge in [-0.25, -0.2) is 0 Å². The van der Waals surface area contributed by atoms with Gasteiger partial charge in [-0.05, 0) is 33.1 Å². The summed E-state index contributed by atoms with van der Waals surface area (Å²) in [6.07, 6.45) is -0.812. The first kappa shape index (κ1) is 22.6. The molecule has 156 valence electrons. The largest absolute Gasteiger partial charge is 0.391 e. The highest BCUT2D eigenvalue weighted by atomic mass is 32.2. The molecule has 2 rings (SSSR count). The predicted molar refractivity (Wildman–Crippen MR) is 103 cm³/mol. The molecule has 0 aromatic heterocycles. The van der Waals surface area contributed by atoms with Crippen LogP contribution in [0.3, 0.4) is 0 Å². The van der Waals surface area contributed by atoms with Gasteiger partial charge in [0.15, 0.2) is 0 Å². The van der Waals surface area contributed by atoms with Crippen LogP contribution in [0.4, 0.5) is 0 Å². The number of allylic oxidation sites excluding steroid dienone is 1. The topological polar surface area (TPSA) is 122 Å². The van der Waals surface area contributed by atoms with E-state index >= 15 is 0 Å². The lowest BCUT2D eigenvalue weighted by Crippen LogP contribution is -2.65. The van der Waals surface area contributed by atoms with Crippen LogP contribution in [0, 0.1) is 0 Å². The van der Waals surface area contributed by atoms with Crippen molar-refractivity contribution in [1.29, 1.82) is 0 Å². The van der Waals surface area contributed by atoms with Crippen molar-refractivity contribution < 1.29 is 30.0 Å². The lowest BCUT2D eigenvalue weighted by Gasteiger charge is -2.44. The Hall–Kier alpha value is -0.680. The molecule has 0 aromatic rings. The Labute approximate surface area is 164 Å². The zero-order valence-electron chi connectivity index (χ0n) is 16.3. The van der Waals surface area contributed by atoms with Crippen LogP contribution in [-0.4, -0.2) is 99.1 Å². The number of aliphatic hydroxyl groups excluding tert-OH is 4. The minimum absolute atomic E-state index is 0.264. The molecule has 0 bridgehead atoms. The zero-order chi connectivity index (χ0) is 20.3. The monoisotopic (exact) mass is 404 g/mol. The third-order valence-electron chi connectivity index (χ3n) is 5.26. The molecule has 2 saturated heterocycles. The number of hydrogen-bond donors (Lipinski definition) is 5. The first-order valence-electron chi connectivity index (χ1n) is 9.30. The van der Waals surface area contributed by atoms with E-state index in [2.05, 4.69) is 11.4 Å². The van der Waals surface area contributed by atoms with Crippen molar-refractivity contribution in [2.75, 3.05) is 19.8 Å². The maximum atomic E-state index is 12.8. The molecular weight excluding hydrogens is 372 g/mol. The first-order valence-corrected chi connectivity index (χ1v) is 10.6. The van der Waals surface area contributed by atoms with Gasteiger partial charge in [0.2, 0.25) is 5.91 Å². The van der Waals surface area contributed by atoms with E-state index in [0.29, 0.717) is 13.0 Å². The van der Waals surface area contributed by atoms with Gasteiger partial charge in [-0.2, -0.15) is 0 Å². The van der Waals surface area contributed by atoms with Crippen molar-refractivity contribution in [3.63, 3.8) is 0 Å². The van der Waals surface area contributed by atoms with Gasteiger partial charge in [0.25, 0.3) is 0 Å². The van der Waals surface area contributed by atoms with Gasteiger partial charge < -0.3 is 30.5 Å². The molecule has 2 heterocycles. The quantitative estimate of drug-likeness (QED) is 0.360. The number of carbonyl (C=O) groups is 1. The second-order valence-corrected chi connectivity index (χ2v) is 8.29. The summed E-state index contributed by atoms with van der Waals surface area (Å²) >= 11 is 1.19. The van der Waals surface area contributed by atoms with Crippen LogP contribution in [-0.2, 0) is 9.53 Å². The molecule has 2 fully saturated rings. The molecule has 9 heteroatoms. The molecule has 0 radical (unpaired) electrons. The molecule has 27 heavy (non-hydrogen) atoms. The lowest BCUT2D eigenvalue weighted by atomic mass is 9.92. The molecular formula is C18H32N2O6S. The van der Waals surface area contributed by atoms with Crippen LogP contribution in [0.25, 0.3) is 0 Å². The van der Waals surface area contributed by atoms with Crippen molar-refractivity contribution in [3.05, 3.63) is 11.6 Å².